The molecule has 0 bridgehead atoms. The zero-order chi connectivity index (χ0) is 0. The normalized spacial score (nSPS) is 0. The van der Waals surface area contributed by atoms with Gasteiger partial charge in [-0.25, -0.2) is 0 Å². The van der Waals surface area contributed by atoms with Crippen LogP contribution in [0.4, 0.5) is 0 Å². The van der Waals surface area contributed by atoms with Crippen LogP contribution in [-0.4, -0.2) is 11.0 Å². The summed E-state index contributed by atoms with van der Waals surface area (Å²) in [5.74, 6) is 0. The Morgan fingerprint density at radius 3 is 0.750 bits per heavy atom. The van der Waals surface area contributed by atoms with Crippen molar-refractivity contribution in [3.8, 4) is 0 Å². The van der Waals surface area contributed by atoms with Crippen LogP contribution in [0, 0.1) is 0 Å². The molecule has 0 spiro atoms. The summed E-state index contributed by atoms with van der Waals surface area (Å²) in [4.78, 5) is 0. The van der Waals surface area contributed by atoms with Crippen LogP contribution in [0.3, 0.4) is 0 Å². The molecule has 35 valence electrons. The van der Waals surface area contributed by atoms with Gasteiger partial charge in [-0.3, -0.25) is 0 Å². The summed E-state index contributed by atoms with van der Waals surface area (Å²) in [6, 6.07) is 0. The first kappa shape index (κ1) is 157. The molecule has 0 aliphatic heterocycles. The van der Waals surface area contributed by atoms with Crippen molar-refractivity contribution in [2.75, 3.05) is 0 Å². The Balaban J connectivity index is 0. The van der Waals surface area contributed by atoms with E-state index in [2.05, 4.69) is 0 Å². The monoisotopic (exact) mass is 250 g/mol. The molecule has 0 aliphatic carbocycles. The van der Waals surface area contributed by atoms with Crippen molar-refractivity contribution in [1.29, 1.82) is 0 Å². The van der Waals surface area contributed by atoms with E-state index in [1.807, 2.05) is 0 Å². The molecule has 0 fully saturated rings. The second-order valence-corrected chi connectivity index (χ2v) is 0. The zero-order valence-electron chi connectivity index (χ0n) is 2.01. The van der Waals surface area contributed by atoms with Crippen LogP contribution in [0.15, 0.2) is 0 Å². The van der Waals surface area contributed by atoms with Crippen molar-refractivity contribution in [3.63, 3.8) is 0 Å². The van der Waals surface area contributed by atoms with E-state index in [0.29, 0.717) is 0 Å². The summed E-state index contributed by atoms with van der Waals surface area (Å²) in [6.45, 7) is 0. The first-order valence-electron chi connectivity index (χ1n) is 0. The number of hydrogen-bond acceptors (Lipinski definition) is 1. The molecular weight excluding hydrogens is 243 g/mol. The van der Waals surface area contributed by atoms with Gasteiger partial charge in [0.2, 0.25) is 0 Å². The van der Waals surface area contributed by atoms with Gasteiger partial charge in [-0.2, -0.15) is 0 Å². The van der Waals surface area contributed by atoms with Gasteiger partial charge >= 0.3 is 0 Å². The summed E-state index contributed by atoms with van der Waals surface area (Å²) in [6.07, 6.45) is 0. The van der Waals surface area contributed by atoms with E-state index in [4.69, 9.17) is 0 Å². The summed E-state index contributed by atoms with van der Waals surface area (Å²) in [5, 5.41) is 0. The van der Waals surface area contributed by atoms with Gasteiger partial charge in [0, 0.05) is 22.4 Å². The van der Waals surface area contributed by atoms with Gasteiger partial charge in [0.1, 0.15) is 0 Å². The van der Waals surface area contributed by atoms with Gasteiger partial charge in [-0.05, 0) is 0 Å². The Bertz CT molecular complexity index is 6.00. The third-order valence-corrected chi connectivity index (χ3v) is 0. The molecule has 0 aromatic rings. The fourth-order valence-corrected chi connectivity index (χ4v) is 0. The van der Waals surface area contributed by atoms with Crippen molar-refractivity contribution in [2.24, 2.45) is 0 Å². The maximum atomic E-state index is 0. The van der Waals surface area contributed by atoms with E-state index >= 15 is 0 Å². The molecule has 3 nitrogen and oxygen atoms in total. The molecule has 0 aromatic carbocycles. The van der Waals surface area contributed by atoms with Gasteiger partial charge in [-0.1, -0.05) is 0 Å². The Labute approximate surface area is 40.1 Å². The topological polar surface area (TPSA) is 98.0 Å². The minimum atomic E-state index is 0. The molecule has 4 heavy (non-hydrogen) atoms. The first-order valence-corrected chi connectivity index (χ1v) is 0. The molecule has 7 N–H and O–H groups in total. The van der Waals surface area contributed by atoms with E-state index < -0.39 is 0 Å². The summed E-state index contributed by atoms with van der Waals surface area (Å²) < 4.78 is 0. The third kappa shape index (κ3) is 17.9. The predicted octanol–water partition coefficient (Wildman–Crippen LogP) is -1.49. The summed E-state index contributed by atoms with van der Waals surface area (Å²) in [7, 11) is 0. The SMILES string of the molecule is N.O.O.[Au]. The molecule has 0 aromatic heterocycles. The fourth-order valence-electron chi connectivity index (χ4n) is 0. The average molecular weight is 250 g/mol. The zero-order valence-corrected chi connectivity index (χ0v) is 4.18. The smallest absolute Gasteiger partial charge is 0 e. The number of hydrogen-bond donors (Lipinski definition) is 1. The molecule has 0 amide bonds. The van der Waals surface area contributed by atoms with Crippen LogP contribution in [0.1, 0.15) is 0 Å². The maximum Gasteiger partial charge on any atom is 0 e. The molecule has 0 saturated carbocycles. The van der Waals surface area contributed by atoms with Crippen molar-refractivity contribution in [3.05, 3.63) is 0 Å². The van der Waals surface area contributed by atoms with Gasteiger partial charge in [-0.15, -0.1) is 0 Å². The van der Waals surface area contributed by atoms with E-state index in [1.54, 1.807) is 0 Å². The molecule has 1 radical (unpaired) electrons. The van der Waals surface area contributed by atoms with E-state index in [-0.39, 0.29) is 39.5 Å². The molecule has 0 rings (SSSR count). The van der Waals surface area contributed by atoms with E-state index in [0.717, 1.165) is 0 Å². The molecular formula is H7AuNO2. The minimum absolute atomic E-state index is 0. The van der Waals surface area contributed by atoms with Gasteiger partial charge in [0.25, 0.3) is 0 Å². The van der Waals surface area contributed by atoms with Gasteiger partial charge in [0.05, 0.1) is 0 Å². The Morgan fingerprint density at radius 2 is 0.750 bits per heavy atom. The fraction of sp³-hybridized carbons (Fsp3) is 0. The van der Waals surface area contributed by atoms with Crippen molar-refractivity contribution in [2.45, 2.75) is 0 Å². The Morgan fingerprint density at radius 1 is 0.750 bits per heavy atom. The van der Waals surface area contributed by atoms with Crippen LogP contribution in [-0.2, 0) is 22.4 Å². The van der Waals surface area contributed by atoms with Crippen molar-refractivity contribution < 1.29 is 33.3 Å². The van der Waals surface area contributed by atoms with Crippen molar-refractivity contribution >= 4 is 0 Å². The molecule has 0 heterocycles. The van der Waals surface area contributed by atoms with Crippen LogP contribution in [0.25, 0.3) is 0 Å². The second-order valence-electron chi connectivity index (χ2n) is 0. The number of rotatable bonds is 0. The van der Waals surface area contributed by atoms with Gasteiger partial charge < -0.3 is 17.1 Å². The summed E-state index contributed by atoms with van der Waals surface area (Å²) in [5.41, 5.74) is 0. The Hall–Kier alpha value is 0.620. The standard InChI is InChI=1S/Au.H3N.2H2O/h;1H3;2*1H2. The molecule has 0 aliphatic rings. The van der Waals surface area contributed by atoms with Crippen LogP contribution in [0.2, 0.25) is 0 Å². The van der Waals surface area contributed by atoms with E-state index in [9.17, 15) is 0 Å². The minimum Gasteiger partial charge on any atom is -0.412 e. The van der Waals surface area contributed by atoms with Crippen LogP contribution >= 0.6 is 0 Å². The molecule has 0 unspecified atom stereocenters. The third-order valence-electron chi connectivity index (χ3n) is 0. The maximum absolute atomic E-state index is 0. The molecule has 4 heteroatoms. The largest absolute Gasteiger partial charge is 0.412 e. The predicted molar refractivity (Wildman–Crippen MR) is 12.2 cm³/mol. The quantitative estimate of drug-likeness (QED) is 0.520. The summed E-state index contributed by atoms with van der Waals surface area (Å²) >= 11 is 0. The molecule has 0 saturated heterocycles. The van der Waals surface area contributed by atoms with Crippen LogP contribution in [0.5, 0.6) is 0 Å². The average Bonchev–Trinajstić information content (AvgIpc) is 0. The van der Waals surface area contributed by atoms with Gasteiger partial charge in [0.15, 0.2) is 0 Å². The Kier molecular flexibility index (Phi) is 2540. The second kappa shape index (κ2) is 64.6. The van der Waals surface area contributed by atoms with Crippen molar-refractivity contribution in [1.82, 2.24) is 6.15 Å². The first-order chi connectivity index (χ1) is 0. The van der Waals surface area contributed by atoms with E-state index in [1.165, 1.54) is 0 Å². The molecule has 0 atom stereocenters. The van der Waals surface area contributed by atoms with Crippen LogP contribution < -0.4 is 6.15 Å².